The van der Waals surface area contributed by atoms with Crippen LogP contribution < -0.4 is 10.9 Å². The van der Waals surface area contributed by atoms with Crippen molar-refractivity contribution >= 4 is 5.91 Å². The number of hydrogen-bond acceptors (Lipinski definition) is 3. The molecule has 1 heterocycles. The van der Waals surface area contributed by atoms with Crippen LogP contribution in [0.15, 0.2) is 23.1 Å². The summed E-state index contributed by atoms with van der Waals surface area (Å²) in [6, 6.07) is 2.82. The monoisotopic (exact) mass is 236 g/mol. The normalized spacial score (nSPS) is 23.6. The Morgan fingerprint density at radius 1 is 1.53 bits per heavy atom. The number of aromatic amines is 1. The molecule has 92 valence electrons. The summed E-state index contributed by atoms with van der Waals surface area (Å²) in [5.41, 5.74) is 0.0554. The van der Waals surface area contributed by atoms with Crippen LogP contribution in [-0.4, -0.2) is 28.6 Å². The minimum absolute atomic E-state index is 0.140. The number of pyridine rings is 1. The van der Waals surface area contributed by atoms with Crippen LogP contribution in [0.3, 0.4) is 0 Å². The molecule has 1 saturated carbocycles. The van der Waals surface area contributed by atoms with E-state index in [1.165, 1.54) is 12.3 Å². The Morgan fingerprint density at radius 2 is 2.35 bits per heavy atom. The molecule has 0 radical (unpaired) electrons. The van der Waals surface area contributed by atoms with Crippen LogP contribution in [0.5, 0.6) is 0 Å². The van der Waals surface area contributed by atoms with Crippen molar-refractivity contribution in [1.29, 1.82) is 0 Å². The number of hydrogen-bond donors (Lipinski definition) is 3. The molecule has 0 aliphatic heterocycles. The quantitative estimate of drug-likeness (QED) is 0.704. The molecule has 2 unspecified atom stereocenters. The van der Waals surface area contributed by atoms with E-state index in [9.17, 15) is 14.7 Å². The number of rotatable bonds is 3. The molecule has 2 rings (SSSR count). The molecule has 0 aromatic carbocycles. The lowest BCUT2D eigenvalue weighted by molar-refractivity contribution is 0.0916. The summed E-state index contributed by atoms with van der Waals surface area (Å²) < 4.78 is 0. The fraction of sp³-hybridized carbons (Fsp3) is 0.500. The van der Waals surface area contributed by atoms with E-state index < -0.39 is 0 Å². The van der Waals surface area contributed by atoms with Crippen molar-refractivity contribution in [2.75, 3.05) is 6.54 Å². The van der Waals surface area contributed by atoms with Crippen LogP contribution >= 0.6 is 0 Å². The maximum atomic E-state index is 11.7. The summed E-state index contributed by atoms with van der Waals surface area (Å²) in [4.78, 5) is 25.2. The third-order valence-corrected chi connectivity index (χ3v) is 3.18. The maximum absolute atomic E-state index is 11.7. The van der Waals surface area contributed by atoms with Crippen molar-refractivity contribution in [2.24, 2.45) is 5.92 Å². The Bertz CT molecular complexity index is 455. The van der Waals surface area contributed by atoms with E-state index in [0.717, 1.165) is 19.3 Å². The maximum Gasteiger partial charge on any atom is 0.251 e. The molecular formula is C12H16N2O3. The van der Waals surface area contributed by atoms with E-state index in [1.54, 1.807) is 6.07 Å². The van der Waals surface area contributed by atoms with E-state index >= 15 is 0 Å². The van der Waals surface area contributed by atoms with E-state index in [2.05, 4.69) is 10.3 Å². The molecule has 0 spiro atoms. The van der Waals surface area contributed by atoms with Crippen molar-refractivity contribution in [3.05, 3.63) is 34.2 Å². The minimum Gasteiger partial charge on any atom is -0.393 e. The largest absolute Gasteiger partial charge is 0.393 e. The summed E-state index contributed by atoms with van der Waals surface area (Å²) in [7, 11) is 0. The standard InChI is InChI=1S/C12H16N2O3/c15-10-3-1-2-9(10)7-14-12(17)8-4-5-13-11(16)6-8/h4-6,9-10,15H,1-3,7H2,(H,13,16)(H,14,17). The molecule has 1 aliphatic carbocycles. The highest BCUT2D eigenvalue weighted by molar-refractivity contribution is 5.93. The van der Waals surface area contributed by atoms with Gasteiger partial charge in [-0.25, -0.2) is 0 Å². The molecule has 1 aliphatic rings. The van der Waals surface area contributed by atoms with Gasteiger partial charge in [-0.05, 0) is 18.9 Å². The Morgan fingerprint density at radius 3 is 3.00 bits per heavy atom. The number of H-pyrrole nitrogens is 1. The van der Waals surface area contributed by atoms with Gasteiger partial charge >= 0.3 is 0 Å². The Hall–Kier alpha value is -1.62. The van der Waals surface area contributed by atoms with E-state index in [4.69, 9.17) is 0 Å². The molecule has 5 nitrogen and oxygen atoms in total. The average Bonchev–Trinajstić information content (AvgIpc) is 2.72. The summed E-state index contributed by atoms with van der Waals surface area (Å²) in [5.74, 6) is -0.129. The number of aliphatic hydroxyl groups excluding tert-OH is 1. The van der Waals surface area contributed by atoms with Crippen LogP contribution in [0, 0.1) is 5.92 Å². The lowest BCUT2D eigenvalue weighted by Gasteiger charge is -2.14. The Kier molecular flexibility index (Phi) is 3.58. The molecule has 1 aromatic heterocycles. The summed E-state index contributed by atoms with van der Waals surface area (Å²) in [5, 5.41) is 12.4. The first-order valence-electron chi connectivity index (χ1n) is 5.82. The Balaban J connectivity index is 1.91. The molecule has 0 bridgehead atoms. The molecular weight excluding hydrogens is 220 g/mol. The van der Waals surface area contributed by atoms with Crippen LogP contribution in [0.25, 0.3) is 0 Å². The number of aliphatic hydroxyl groups is 1. The van der Waals surface area contributed by atoms with Gasteiger partial charge in [-0.1, -0.05) is 6.42 Å². The van der Waals surface area contributed by atoms with Gasteiger partial charge in [0.2, 0.25) is 5.56 Å². The highest BCUT2D eigenvalue weighted by Gasteiger charge is 2.25. The van der Waals surface area contributed by atoms with Gasteiger partial charge in [-0.15, -0.1) is 0 Å². The van der Waals surface area contributed by atoms with Crippen molar-refractivity contribution in [3.8, 4) is 0 Å². The zero-order valence-corrected chi connectivity index (χ0v) is 9.48. The molecule has 1 amide bonds. The lowest BCUT2D eigenvalue weighted by Crippen LogP contribution is -2.32. The van der Waals surface area contributed by atoms with Crippen LogP contribution in [0.1, 0.15) is 29.6 Å². The van der Waals surface area contributed by atoms with E-state index in [1.807, 2.05) is 0 Å². The van der Waals surface area contributed by atoms with E-state index in [-0.39, 0.29) is 23.5 Å². The van der Waals surface area contributed by atoms with Crippen molar-refractivity contribution in [3.63, 3.8) is 0 Å². The molecule has 1 aromatic rings. The van der Waals surface area contributed by atoms with E-state index in [0.29, 0.717) is 12.1 Å². The van der Waals surface area contributed by atoms with Gasteiger partial charge in [0.1, 0.15) is 0 Å². The molecule has 2 atom stereocenters. The van der Waals surface area contributed by atoms with Gasteiger partial charge in [0.25, 0.3) is 5.91 Å². The second kappa shape index (κ2) is 5.14. The zero-order valence-electron chi connectivity index (χ0n) is 9.48. The van der Waals surface area contributed by atoms with Gasteiger partial charge in [0.15, 0.2) is 0 Å². The topological polar surface area (TPSA) is 82.2 Å². The van der Waals surface area contributed by atoms with Gasteiger partial charge in [-0.2, -0.15) is 0 Å². The second-order valence-corrected chi connectivity index (χ2v) is 4.41. The number of amides is 1. The lowest BCUT2D eigenvalue weighted by atomic mass is 10.1. The number of nitrogens with one attached hydrogen (secondary N) is 2. The third-order valence-electron chi connectivity index (χ3n) is 3.18. The number of carbonyl (C=O) groups excluding carboxylic acids is 1. The Labute approximate surface area is 98.9 Å². The highest BCUT2D eigenvalue weighted by atomic mass is 16.3. The van der Waals surface area contributed by atoms with Gasteiger partial charge in [-0.3, -0.25) is 9.59 Å². The van der Waals surface area contributed by atoms with Crippen LogP contribution in [0.2, 0.25) is 0 Å². The molecule has 5 heteroatoms. The zero-order chi connectivity index (χ0) is 12.3. The highest BCUT2D eigenvalue weighted by Crippen LogP contribution is 2.24. The SMILES string of the molecule is O=C(NCC1CCCC1O)c1cc[nH]c(=O)c1. The molecule has 3 N–H and O–H groups in total. The first-order chi connectivity index (χ1) is 8.16. The fourth-order valence-corrected chi connectivity index (χ4v) is 2.17. The number of carbonyl (C=O) groups is 1. The summed E-state index contributed by atoms with van der Waals surface area (Å²) in [6.07, 6.45) is 3.89. The van der Waals surface area contributed by atoms with Gasteiger partial charge in [0.05, 0.1) is 6.10 Å². The molecule has 17 heavy (non-hydrogen) atoms. The summed E-state index contributed by atoms with van der Waals surface area (Å²) >= 11 is 0. The first-order valence-corrected chi connectivity index (χ1v) is 5.82. The molecule has 1 fully saturated rings. The molecule has 0 saturated heterocycles. The minimum atomic E-state index is -0.311. The average molecular weight is 236 g/mol. The fourth-order valence-electron chi connectivity index (χ4n) is 2.17. The first kappa shape index (κ1) is 11.9. The van der Waals surface area contributed by atoms with Gasteiger partial charge < -0.3 is 15.4 Å². The van der Waals surface area contributed by atoms with Crippen LogP contribution in [-0.2, 0) is 0 Å². The smallest absolute Gasteiger partial charge is 0.251 e. The van der Waals surface area contributed by atoms with Crippen molar-refractivity contribution < 1.29 is 9.90 Å². The third kappa shape index (κ3) is 2.94. The van der Waals surface area contributed by atoms with Gasteiger partial charge in [0, 0.05) is 30.3 Å². The predicted molar refractivity (Wildman–Crippen MR) is 62.7 cm³/mol. The van der Waals surface area contributed by atoms with Crippen molar-refractivity contribution in [2.45, 2.75) is 25.4 Å². The van der Waals surface area contributed by atoms with Crippen molar-refractivity contribution in [1.82, 2.24) is 10.3 Å². The summed E-state index contributed by atoms with van der Waals surface area (Å²) in [6.45, 7) is 0.465. The van der Waals surface area contributed by atoms with Crippen LogP contribution in [0.4, 0.5) is 0 Å². The second-order valence-electron chi connectivity index (χ2n) is 4.41. The number of aromatic nitrogens is 1. The predicted octanol–water partition coefficient (Wildman–Crippen LogP) is 0.266.